The summed E-state index contributed by atoms with van der Waals surface area (Å²) in [7, 11) is 1.33. The highest BCUT2D eigenvalue weighted by Crippen LogP contribution is 2.47. The largest absolute Gasteiger partial charge is 0.468 e. The van der Waals surface area contributed by atoms with Crippen molar-refractivity contribution in [2.24, 2.45) is 11.3 Å². The third-order valence-electron chi connectivity index (χ3n) is 5.90. The van der Waals surface area contributed by atoms with Gasteiger partial charge in [-0.2, -0.15) is 0 Å². The van der Waals surface area contributed by atoms with E-state index in [9.17, 15) is 14.4 Å². The second-order valence-corrected chi connectivity index (χ2v) is 7.54. The summed E-state index contributed by atoms with van der Waals surface area (Å²) in [4.78, 5) is 37.5. The third-order valence-corrected chi connectivity index (χ3v) is 5.90. The average molecular weight is 346 g/mol. The molecule has 0 aliphatic heterocycles. The molecule has 0 aromatic heterocycles. The predicted molar refractivity (Wildman–Crippen MR) is 97.0 cm³/mol. The number of Topliss-reactive ketones (excluding diaryl/α,β-unsaturated/α-hetero) is 2. The molecular weight excluding hydrogens is 316 g/mol. The van der Waals surface area contributed by atoms with Gasteiger partial charge in [0.1, 0.15) is 17.0 Å². The second-order valence-electron chi connectivity index (χ2n) is 7.54. The number of allylic oxidation sites excluding steroid dienone is 3. The zero-order valence-electron chi connectivity index (χ0n) is 15.6. The van der Waals surface area contributed by atoms with E-state index in [1.165, 1.54) is 12.7 Å². The van der Waals surface area contributed by atoms with Gasteiger partial charge in [-0.05, 0) is 57.8 Å². The topological polar surface area (TPSA) is 60.4 Å². The van der Waals surface area contributed by atoms with Crippen molar-refractivity contribution in [3.63, 3.8) is 0 Å². The summed E-state index contributed by atoms with van der Waals surface area (Å²) in [6.07, 6.45) is 8.54. The molecule has 2 aliphatic rings. The minimum absolute atomic E-state index is 0.0257. The number of esters is 1. The summed E-state index contributed by atoms with van der Waals surface area (Å²) in [5.41, 5.74) is 1.28. The van der Waals surface area contributed by atoms with Crippen molar-refractivity contribution in [2.75, 3.05) is 7.11 Å². The molecule has 25 heavy (non-hydrogen) atoms. The van der Waals surface area contributed by atoms with Crippen LogP contribution in [0.5, 0.6) is 0 Å². The molecule has 138 valence electrons. The van der Waals surface area contributed by atoms with Crippen LogP contribution in [0, 0.1) is 11.3 Å². The lowest BCUT2D eigenvalue weighted by Crippen LogP contribution is -2.42. The molecule has 2 aliphatic carbocycles. The summed E-state index contributed by atoms with van der Waals surface area (Å²) in [5.74, 6) is -0.422. The minimum atomic E-state index is -1.12. The van der Waals surface area contributed by atoms with E-state index in [-0.39, 0.29) is 30.3 Å². The molecule has 0 N–H and O–H groups in total. The molecule has 0 saturated heterocycles. The molecule has 4 nitrogen and oxygen atoms in total. The van der Waals surface area contributed by atoms with Crippen molar-refractivity contribution < 1.29 is 19.1 Å². The maximum absolute atomic E-state index is 12.7. The van der Waals surface area contributed by atoms with Gasteiger partial charge in [0.25, 0.3) is 0 Å². The summed E-state index contributed by atoms with van der Waals surface area (Å²) >= 11 is 0. The Morgan fingerprint density at radius 2 is 1.84 bits per heavy atom. The van der Waals surface area contributed by atoms with Crippen LogP contribution in [0.3, 0.4) is 0 Å². The first-order chi connectivity index (χ1) is 11.9. The van der Waals surface area contributed by atoms with Gasteiger partial charge in [-0.1, -0.05) is 23.8 Å². The number of ketones is 2. The number of carbonyl (C=O) groups excluding carboxylic acids is 3. The summed E-state index contributed by atoms with van der Waals surface area (Å²) < 4.78 is 5.01. The van der Waals surface area contributed by atoms with Gasteiger partial charge in [-0.3, -0.25) is 14.4 Å². The van der Waals surface area contributed by atoms with Crippen molar-refractivity contribution in [3.8, 4) is 0 Å². The van der Waals surface area contributed by atoms with Crippen LogP contribution < -0.4 is 0 Å². The van der Waals surface area contributed by atoms with Crippen LogP contribution in [-0.2, 0) is 19.1 Å². The fourth-order valence-electron chi connectivity index (χ4n) is 4.21. The maximum Gasteiger partial charge on any atom is 0.319 e. The maximum atomic E-state index is 12.7. The molecule has 4 heteroatoms. The van der Waals surface area contributed by atoms with E-state index in [2.05, 4.69) is 19.6 Å². The number of methoxy groups -OCH3 is 1. The standard InChI is InChI=1S/C21H30O4/c1-15-5-4-6-17-10-12-19(23)21(17,20(24)25-3)14-13-18(22)11-9-16(2)8-7-15/h5,17H,2,4,6-14H2,1,3H3/b15-5+/t17-,21-/m1/s1. The number of hydrogen-bond acceptors (Lipinski definition) is 4. The van der Waals surface area contributed by atoms with Crippen LogP contribution in [-0.4, -0.2) is 24.6 Å². The molecule has 0 aromatic carbocycles. The van der Waals surface area contributed by atoms with Crippen LogP contribution in [0.4, 0.5) is 0 Å². The van der Waals surface area contributed by atoms with Gasteiger partial charge in [0.05, 0.1) is 7.11 Å². The number of rotatable bonds is 1. The van der Waals surface area contributed by atoms with E-state index >= 15 is 0 Å². The van der Waals surface area contributed by atoms with Gasteiger partial charge < -0.3 is 4.74 Å². The number of hydrogen-bond donors (Lipinski definition) is 0. The molecule has 2 atom stereocenters. The van der Waals surface area contributed by atoms with E-state index in [1.54, 1.807) is 0 Å². The van der Waals surface area contributed by atoms with E-state index in [1.807, 2.05) is 0 Å². The number of fused-ring (bicyclic) bond motifs is 1. The lowest BCUT2D eigenvalue weighted by Gasteiger charge is -2.31. The number of ether oxygens (including phenoxy) is 1. The highest BCUT2D eigenvalue weighted by Gasteiger charge is 2.55. The van der Waals surface area contributed by atoms with Crippen molar-refractivity contribution in [3.05, 3.63) is 23.8 Å². The highest BCUT2D eigenvalue weighted by atomic mass is 16.5. The smallest absolute Gasteiger partial charge is 0.319 e. The first-order valence-electron chi connectivity index (χ1n) is 9.36. The zero-order valence-corrected chi connectivity index (χ0v) is 15.6. The Balaban J connectivity index is 2.27. The fraction of sp³-hybridized carbons (Fsp3) is 0.667. The second kappa shape index (κ2) is 8.59. The van der Waals surface area contributed by atoms with E-state index in [0.29, 0.717) is 25.7 Å². The third kappa shape index (κ3) is 4.47. The van der Waals surface area contributed by atoms with Crippen molar-refractivity contribution >= 4 is 17.5 Å². The van der Waals surface area contributed by atoms with Gasteiger partial charge in [-0.25, -0.2) is 0 Å². The van der Waals surface area contributed by atoms with Crippen molar-refractivity contribution in [1.82, 2.24) is 0 Å². The summed E-state index contributed by atoms with van der Waals surface area (Å²) in [5, 5.41) is 0. The molecule has 0 unspecified atom stereocenters. The van der Waals surface area contributed by atoms with E-state index in [0.717, 1.165) is 31.3 Å². The molecule has 0 aromatic rings. The lowest BCUT2D eigenvalue weighted by molar-refractivity contribution is -0.160. The Labute approximate surface area is 150 Å². The van der Waals surface area contributed by atoms with E-state index < -0.39 is 11.4 Å². The van der Waals surface area contributed by atoms with Crippen molar-refractivity contribution in [1.29, 1.82) is 0 Å². The quantitative estimate of drug-likeness (QED) is 0.403. The lowest BCUT2D eigenvalue weighted by atomic mass is 9.71. The van der Waals surface area contributed by atoms with Crippen molar-refractivity contribution in [2.45, 2.75) is 71.1 Å². The van der Waals surface area contributed by atoms with Crippen LogP contribution in [0.1, 0.15) is 71.1 Å². The van der Waals surface area contributed by atoms with Crippen LogP contribution in [0.2, 0.25) is 0 Å². The number of carbonyl (C=O) groups is 3. The average Bonchev–Trinajstić information content (AvgIpc) is 2.91. The molecule has 1 fully saturated rings. The Hall–Kier alpha value is -1.71. The summed E-state index contributed by atoms with van der Waals surface area (Å²) in [6.45, 7) is 6.17. The van der Waals surface area contributed by atoms with Gasteiger partial charge in [0.2, 0.25) is 0 Å². The summed E-state index contributed by atoms with van der Waals surface area (Å²) in [6, 6.07) is 0. The Bertz CT molecular complexity index is 587. The van der Waals surface area contributed by atoms with Gasteiger partial charge >= 0.3 is 5.97 Å². The molecule has 0 bridgehead atoms. The zero-order chi connectivity index (χ0) is 18.4. The highest BCUT2D eigenvalue weighted by molar-refractivity contribution is 6.06. The minimum Gasteiger partial charge on any atom is -0.468 e. The Morgan fingerprint density at radius 3 is 2.56 bits per heavy atom. The monoisotopic (exact) mass is 346 g/mol. The Morgan fingerprint density at radius 1 is 1.12 bits per heavy atom. The first kappa shape index (κ1) is 19.6. The Kier molecular flexibility index (Phi) is 6.74. The van der Waals surface area contributed by atoms with E-state index in [4.69, 9.17) is 4.74 Å². The van der Waals surface area contributed by atoms with Gasteiger partial charge in [-0.15, -0.1) is 0 Å². The van der Waals surface area contributed by atoms with Gasteiger partial charge in [0, 0.05) is 19.3 Å². The molecule has 0 heterocycles. The van der Waals surface area contributed by atoms with Crippen LogP contribution >= 0.6 is 0 Å². The first-order valence-corrected chi connectivity index (χ1v) is 9.36. The SMILES string of the molecule is C=C1CCC(=O)CC[C@]2(C(=O)OC)C(=O)CC[C@H]2CC/C=C(\C)CC1. The molecule has 0 spiro atoms. The molecule has 1 saturated carbocycles. The van der Waals surface area contributed by atoms with Gasteiger partial charge in [0.15, 0.2) is 0 Å². The van der Waals surface area contributed by atoms with Crippen LogP contribution in [0.15, 0.2) is 23.8 Å². The van der Waals surface area contributed by atoms with Crippen LogP contribution in [0.25, 0.3) is 0 Å². The molecule has 2 rings (SSSR count). The predicted octanol–water partition coefficient (Wildman–Crippen LogP) is 4.33. The molecular formula is C21H30O4. The normalized spacial score (nSPS) is 31.7. The molecule has 0 amide bonds. The fourth-order valence-corrected chi connectivity index (χ4v) is 4.21. The molecule has 0 radical (unpaired) electrons.